The lowest BCUT2D eigenvalue weighted by Crippen LogP contribution is -2.81. The second-order valence-corrected chi connectivity index (χ2v) is 23.1. The van der Waals surface area contributed by atoms with Gasteiger partial charge in [0.05, 0.1) is 29.6 Å². The molecule has 3 aliphatic carbocycles. The minimum absolute atomic E-state index is 0.0312. The van der Waals surface area contributed by atoms with Gasteiger partial charge in [0.2, 0.25) is 6.10 Å². The predicted octanol–water partition coefficient (Wildman–Crippen LogP) is 4.34. The summed E-state index contributed by atoms with van der Waals surface area (Å²) in [6, 6.07) is 14.2. The highest BCUT2D eigenvalue weighted by Gasteiger charge is 2.78. The van der Waals surface area contributed by atoms with Crippen LogP contribution < -0.4 is 5.32 Å². The van der Waals surface area contributed by atoms with Gasteiger partial charge in [0, 0.05) is 32.3 Å². The molecule has 2 aromatic carbocycles. The Kier molecular flexibility index (Phi) is 17.9. The first-order valence-electron chi connectivity index (χ1n) is 23.9. The van der Waals surface area contributed by atoms with Gasteiger partial charge in [0.1, 0.15) is 59.8 Å². The summed E-state index contributed by atoms with van der Waals surface area (Å²) >= 11 is 0. The maximum atomic E-state index is 15.2. The molecule has 74 heavy (non-hydrogen) atoms. The number of amides is 1. The minimum Gasteiger partial charge on any atom is -0.455 e. The van der Waals surface area contributed by atoms with Crippen molar-refractivity contribution in [3.05, 3.63) is 82.9 Å². The largest absolute Gasteiger partial charge is 0.455 e. The quantitative estimate of drug-likeness (QED) is 0.0531. The summed E-state index contributed by atoms with van der Waals surface area (Å²) in [6.45, 7) is 12.6. The van der Waals surface area contributed by atoms with E-state index in [4.69, 9.17) is 37.9 Å². The fourth-order valence-corrected chi connectivity index (χ4v) is 12.1. The van der Waals surface area contributed by atoms with Crippen molar-refractivity contribution in [2.45, 2.75) is 141 Å². The number of hydrogen-bond acceptors (Lipinski definition) is 21. The van der Waals surface area contributed by atoms with Crippen LogP contribution in [0, 0.1) is 16.7 Å². The summed E-state index contributed by atoms with van der Waals surface area (Å²) in [5.41, 5.74) is -8.94. The average Bonchev–Trinajstić information content (AvgIpc) is 3.32. The molecule has 4 N–H and O–H groups in total. The van der Waals surface area contributed by atoms with Gasteiger partial charge in [-0.3, -0.25) is 24.0 Å². The number of aliphatic hydroxyl groups is 3. The molecule has 1 aliphatic heterocycles. The summed E-state index contributed by atoms with van der Waals surface area (Å²) < 4.78 is 46.0. The van der Waals surface area contributed by atoms with Crippen molar-refractivity contribution in [2.75, 3.05) is 31.8 Å². The smallest absolute Gasteiger partial charge is 0.408 e. The lowest BCUT2D eigenvalue weighted by molar-refractivity contribution is -0.346. The van der Waals surface area contributed by atoms with Crippen LogP contribution in [0.25, 0.3) is 0 Å². The van der Waals surface area contributed by atoms with E-state index in [2.05, 4.69) is 5.32 Å². The first kappa shape index (κ1) is 57.9. The highest BCUT2D eigenvalue weighted by atomic mass is 33.1. The van der Waals surface area contributed by atoms with E-state index in [0.29, 0.717) is 0 Å². The van der Waals surface area contributed by atoms with Crippen LogP contribution in [0.15, 0.2) is 71.8 Å². The van der Waals surface area contributed by atoms with Crippen molar-refractivity contribution in [2.24, 2.45) is 16.7 Å². The molecule has 0 radical (unpaired) electrons. The average molecular weight is 1070 g/mol. The summed E-state index contributed by atoms with van der Waals surface area (Å²) in [6.07, 6.45) is -13.3. The number of aliphatic hydroxyl groups excluding tert-OH is 2. The molecule has 6 rings (SSSR count). The lowest BCUT2D eigenvalue weighted by atomic mass is 9.44. The Morgan fingerprint density at radius 3 is 2.04 bits per heavy atom. The third-order valence-corrected chi connectivity index (χ3v) is 16.4. The van der Waals surface area contributed by atoms with E-state index in [9.17, 15) is 44.1 Å². The standard InChI is InChI=1S/C52H65NO19S2/c1-27-33(68-46(62)41(39(30-17-13-11-14-18-30)53-47(63)72-48(4,5)6)69-37(58)25-74-73-24-36(57)67-28(2)32(55)23-65-10)22-52(64)44(70-45(61)31-19-15-12-16-20-31)42-50(9,43(60)40(59)38(27)49(52,7)8)34(56)21-35-51(42,26-66-35)71-29(3)54/h11-20,28,33-35,39-42,44,56,59,64H,21-26H2,1-10H3,(H,53,63). The van der Waals surface area contributed by atoms with Crippen molar-refractivity contribution in [1.29, 1.82) is 0 Å². The second-order valence-electron chi connectivity index (χ2n) is 20.6. The zero-order valence-corrected chi connectivity index (χ0v) is 44.5. The number of rotatable bonds is 18. The van der Waals surface area contributed by atoms with Crippen LogP contribution in [0.4, 0.5) is 4.79 Å². The first-order valence-corrected chi connectivity index (χ1v) is 26.4. The van der Waals surface area contributed by atoms with Gasteiger partial charge >= 0.3 is 35.9 Å². The number of methoxy groups -OCH3 is 1. The molecule has 1 amide bonds. The lowest BCUT2D eigenvalue weighted by Gasteiger charge is -2.67. The van der Waals surface area contributed by atoms with Gasteiger partial charge in [-0.2, -0.15) is 0 Å². The zero-order valence-electron chi connectivity index (χ0n) is 42.9. The van der Waals surface area contributed by atoms with Crippen LogP contribution >= 0.6 is 21.6 Å². The van der Waals surface area contributed by atoms with Crippen molar-refractivity contribution in [3.63, 3.8) is 0 Å². The fourth-order valence-electron chi connectivity index (χ4n) is 10.6. The number of carbonyl (C=O) groups is 8. The number of ether oxygens (including phenoxy) is 8. The maximum Gasteiger partial charge on any atom is 0.408 e. The van der Waals surface area contributed by atoms with E-state index in [1.165, 1.54) is 53.9 Å². The third kappa shape index (κ3) is 11.7. The Bertz CT molecular complexity index is 2500. The molecule has 2 aromatic rings. The number of nitrogens with one attached hydrogen (secondary N) is 1. The molecule has 12 atom stereocenters. The molecular formula is C52H65NO19S2. The van der Waals surface area contributed by atoms with E-state index in [-0.39, 0.29) is 47.7 Å². The highest BCUT2D eigenvalue weighted by molar-refractivity contribution is 8.77. The molecule has 4 aliphatic rings. The van der Waals surface area contributed by atoms with Crippen molar-refractivity contribution in [3.8, 4) is 0 Å². The molecule has 2 saturated carbocycles. The molecular weight excluding hydrogens is 1010 g/mol. The predicted molar refractivity (Wildman–Crippen MR) is 265 cm³/mol. The molecule has 2 bridgehead atoms. The minimum atomic E-state index is -2.47. The van der Waals surface area contributed by atoms with Crippen LogP contribution in [0.2, 0.25) is 0 Å². The van der Waals surface area contributed by atoms with Crippen LogP contribution in [-0.2, 0) is 66.7 Å². The molecule has 3 fully saturated rings. The Balaban J connectivity index is 1.43. The summed E-state index contributed by atoms with van der Waals surface area (Å²) in [4.78, 5) is 110. The molecule has 22 heteroatoms. The van der Waals surface area contributed by atoms with Crippen molar-refractivity contribution >= 4 is 69.1 Å². The van der Waals surface area contributed by atoms with Crippen LogP contribution in [0.5, 0.6) is 0 Å². The summed E-state index contributed by atoms with van der Waals surface area (Å²) in [5.74, 6) is -8.66. The molecule has 404 valence electrons. The van der Waals surface area contributed by atoms with E-state index >= 15 is 9.59 Å². The van der Waals surface area contributed by atoms with Crippen LogP contribution in [-0.4, -0.2) is 154 Å². The SMILES string of the molecule is COCC(=O)C(C)OC(=O)CSSCC(=O)OC(C(=O)OC1CC2(O)C(OC(=O)c3ccccc3)C3C4(OC(C)=O)COC4CC(O)C3(C)C(=O)C(O)C(=C1C)C2(C)C)C(NC(=O)OC(C)(C)C)c1ccccc1. The third-order valence-electron chi connectivity index (χ3n) is 14.3. The molecule has 0 spiro atoms. The Hall–Kier alpha value is -5.36. The number of alkyl carbamates (subject to hydrolysis) is 1. The monoisotopic (exact) mass is 1070 g/mol. The van der Waals surface area contributed by atoms with Crippen molar-refractivity contribution in [1.82, 2.24) is 5.32 Å². The Morgan fingerprint density at radius 1 is 0.892 bits per heavy atom. The van der Waals surface area contributed by atoms with E-state index < -0.39 is 142 Å². The number of benzene rings is 2. The second kappa shape index (κ2) is 22.9. The number of carbonyl (C=O) groups excluding carboxylic acids is 8. The molecule has 20 nitrogen and oxygen atoms in total. The van der Waals surface area contributed by atoms with Crippen LogP contribution in [0.1, 0.15) is 97.1 Å². The number of esters is 5. The normalized spacial score (nSPS) is 29.2. The van der Waals surface area contributed by atoms with E-state index in [1.54, 1.807) is 69.3 Å². The Labute approximate surface area is 436 Å². The molecule has 1 heterocycles. The van der Waals surface area contributed by atoms with Gasteiger partial charge in [-0.05, 0) is 70.4 Å². The zero-order chi connectivity index (χ0) is 54.7. The van der Waals surface area contributed by atoms with Gasteiger partial charge in [-0.25, -0.2) is 14.4 Å². The van der Waals surface area contributed by atoms with Crippen LogP contribution in [0.3, 0.4) is 0 Å². The molecule has 12 unspecified atom stereocenters. The first-order chi connectivity index (χ1) is 34.6. The summed E-state index contributed by atoms with van der Waals surface area (Å²) in [5, 5.41) is 40.8. The number of ketones is 2. The number of hydrogen-bond donors (Lipinski definition) is 4. The fraction of sp³-hybridized carbons (Fsp3) is 0.577. The Morgan fingerprint density at radius 2 is 1.49 bits per heavy atom. The van der Waals surface area contributed by atoms with Gasteiger partial charge in [0.15, 0.2) is 23.3 Å². The molecule has 0 aromatic heterocycles. The van der Waals surface area contributed by atoms with E-state index in [0.717, 1.165) is 28.5 Å². The molecule has 1 saturated heterocycles. The van der Waals surface area contributed by atoms with E-state index in [1.807, 2.05) is 0 Å². The maximum absolute atomic E-state index is 15.2. The van der Waals surface area contributed by atoms with Gasteiger partial charge in [-0.1, -0.05) is 84.0 Å². The van der Waals surface area contributed by atoms with Gasteiger partial charge in [0.25, 0.3) is 0 Å². The van der Waals surface area contributed by atoms with Gasteiger partial charge in [-0.15, -0.1) is 0 Å². The van der Waals surface area contributed by atoms with Crippen molar-refractivity contribution < 1.29 is 91.6 Å². The summed E-state index contributed by atoms with van der Waals surface area (Å²) in [7, 11) is 3.07. The van der Waals surface area contributed by atoms with Gasteiger partial charge < -0.3 is 58.5 Å². The number of fused-ring (bicyclic) bond motifs is 5. The number of Topliss-reactive ketones (excluding diaryl/α,β-unsaturated/α-hetero) is 2. The highest BCUT2D eigenvalue weighted by Crippen LogP contribution is 2.64. The topological polar surface area (TPSA) is 283 Å².